The molecular formula is C23H23F3N4O. The molecule has 1 aliphatic rings. The summed E-state index contributed by atoms with van der Waals surface area (Å²) >= 11 is 0. The molecule has 162 valence electrons. The number of aromatic nitrogens is 2. The van der Waals surface area contributed by atoms with Crippen LogP contribution in [0.15, 0.2) is 36.4 Å². The van der Waals surface area contributed by atoms with Gasteiger partial charge >= 0.3 is 6.18 Å². The van der Waals surface area contributed by atoms with Gasteiger partial charge in [-0.15, -0.1) is 0 Å². The van der Waals surface area contributed by atoms with Crippen LogP contribution in [0, 0.1) is 6.92 Å². The minimum absolute atomic E-state index is 0.126. The van der Waals surface area contributed by atoms with E-state index in [1.54, 1.807) is 6.92 Å². The van der Waals surface area contributed by atoms with Crippen LogP contribution in [0.4, 0.5) is 24.5 Å². The summed E-state index contributed by atoms with van der Waals surface area (Å²) in [5.41, 5.74) is 13.0. The van der Waals surface area contributed by atoms with Crippen molar-refractivity contribution >= 4 is 11.4 Å². The zero-order chi connectivity index (χ0) is 22.2. The minimum Gasteiger partial charge on any atom is -0.488 e. The Morgan fingerprint density at radius 1 is 1.03 bits per heavy atom. The third kappa shape index (κ3) is 4.15. The predicted molar refractivity (Wildman–Crippen MR) is 113 cm³/mol. The van der Waals surface area contributed by atoms with Crippen molar-refractivity contribution in [3.63, 3.8) is 0 Å². The molecule has 0 bridgehead atoms. The highest BCUT2D eigenvalue weighted by atomic mass is 19.4. The number of benzene rings is 2. The van der Waals surface area contributed by atoms with Gasteiger partial charge in [0.1, 0.15) is 23.7 Å². The third-order valence-corrected chi connectivity index (χ3v) is 5.41. The van der Waals surface area contributed by atoms with Crippen molar-refractivity contribution in [1.82, 2.24) is 9.97 Å². The highest BCUT2D eigenvalue weighted by Gasteiger charge is 2.38. The van der Waals surface area contributed by atoms with Crippen LogP contribution in [0.3, 0.4) is 0 Å². The predicted octanol–water partition coefficient (Wildman–Crippen LogP) is 5.09. The second kappa shape index (κ2) is 8.09. The number of nitrogens with two attached hydrogens (primary N) is 2. The molecule has 0 saturated carbocycles. The van der Waals surface area contributed by atoms with Gasteiger partial charge in [-0.2, -0.15) is 13.2 Å². The van der Waals surface area contributed by atoms with E-state index >= 15 is 0 Å². The van der Waals surface area contributed by atoms with Crippen LogP contribution < -0.4 is 16.2 Å². The number of aryl methyl sites for hydroxylation is 2. The molecule has 0 amide bonds. The SMILES string of the molecule is Cc1nc2c(c(-c3c(OCc4ccccc4)cc(N)c(C(F)(F)F)c3N)n1)CCCC2. The zero-order valence-corrected chi connectivity index (χ0v) is 17.1. The van der Waals surface area contributed by atoms with Gasteiger partial charge in [-0.1, -0.05) is 30.3 Å². The number of hydrogen-bond donors (Lipinski definition) is 2. The van der Waals surface area contributed by atoms with E-state index in [9.17, 15) is 13.2 Å². The number of hydrogen-bond acceptors (Lipinski definition) is 5. The van der Waals surface area contributed by atoms with Gasteiger partial charge in [0, 0.05) is 23.0 Å². The summed E-state index contributed by atoms with van der Waals surface area (Å²) in [6.45, 7) is 1.88. The fourth-order valence-electron chi connectivity index (χ4n) is 4.03. The molecule has 0 fully saturated rings. The molecule has 0 atom stereocenters. The fourth-order valence-corrected chi connectivity index (χ4v) is 4.03. The molecule has 5 nitrogen and oxygen atoms in total. The number of anilines is 2. The molecular weight excluding hydrogens is 405 g/mol. The normalized spacial score (nSPS) is 13.7. The van der Waals surface area contributed by atoms with Crippen LogP contribution in [0.2, 0.25) is 0 Å². The van der Waals surface area contributed by atoms with Crippen LogP contribution in [-0.2, 0) is 25.6 Å². The van der Waals surface area contributed by atoms with Gasteiger partial charge < -0.3 is 16.2 Å². The van der Waals surface area contributed by atoms with Crippen LogP contribution in [0.1, 0.15) is 41.1 Å². The van der Waals surface area contributed by atoms with Crippen molar-refractivity contribution in [2.24, 2.45) is 0 Å². The third-order valence-electron chi connectivity index (χ3n) is 5.41. The molecule has 31 heavy (non-hydrogen) atoms. The van der Waals surface area contributed by atoms with Crippen molar-refractivity contribution in [3.8, 4) is 17.0 Å². The average molecular weight is 428 g/mol. The molecule has 0 unspecified atom stereocenters. The number of nitrogens with zero attached hydrogens (tertiary/aromatic N) is 2. The molecule has 1 aromatic heterocycles. The first-order valence-corrected chi connectivity index (χ1v) is 10.1. The Hall–Kier alpha value is -3.29. The highest BCUT2D eigenvalue weighted by molar-refractivity contribution is 5.88. The molecule has 1 aliphatic carbocycles. The van der Waals surface area contributed by atoms with E-state index in [4.69, 9.17) is 16.2 Å². The number of ether oxygens (including phenoxy) is 1. The van der Waals surface area contributed by atoms with E-state index in [0.717, 1.165) is 36.1 Å². The minimum atomic E-state index is -4.71. The largest absolute Gasteiger partial charge is 0.488 e. The topological polar surface area (TPSA) is 87.0 Å². The number of rotatable bonds is 4. The highest BCUT2D eigenvalue weighted by Crippen LogP contribution is 2.48. The van der Waals surface area contributed by atoms with Gasteiger partial charge in [0.05, 0.1) is 16.9 Å². The van der Waals surface area contributed by atoms with Crippen molar-refractivity contribution in [2.45, 2.75) is 45.4 Å². The summed E-state index contributed by atoms with van der Waals surface area (Å²) < 4.78 is 47.3. The second-order valence-electron chi connectivity index (χ2n) is 7.65. The van der Waals surface area contributed by atoms with Gasteiger partial charge in [-0.05, 0) is 38.2 Å². The first-order valence-electron chi connectivity index (χ1n) is 10.1. The van der Waals surface area contributed by atoms with Crippen molar-refractivity contribution in [1.29, 1.82) is 0 Å². The van der Waals surface area contributed by atoms with E-state index < -0.39 is 23.1 Å². The molecule has 4 rings (SSSR count). The Labute approximate surface area is 178 Å². The summed E-state index contributed by atoms with van der Waals surface area (Å²) in [7, 11) is 0. The van der Waals surface area contributed by atoms with Gasteiger partial charge in [0.25, 0.3) is 0 Å². The Morgan fingerprint density at radius 2 is 1.74 bits per heavy atom. The number of alkyl halides is 3. The Balaban J connectivity index is 1.92. The van der Waals surface area contributed by atoms with Crippen molar-refractivity contribution in [2.75, 3.05) is 11.5 Å². The number of fused-ring (bicyclic) bond motifs is 1. The smallest absolute Gasteiger partial charge is 0.420 e. The number of nitrogen functional groups attached to an aromatic ring is 2. The Bertz CT molecular complexity index is 1110. The molecule has 0 radical (unpaired) electrons. The summed E-state index contributed by atoms with van der Waals surface area (Å²) in [6.07, 6.45) is -1.39. The van der Waals surface area contributed by atoms with Crippen LogP contribution in [0.5, 0.6) is 5.75 Å². The summed E-state index contributed by atoms with van der Waals surface area (Å²) in [5.74, 6) is 0.659. The van der Waals surface area contributed by atoms with Crippen molar-refractivity contribution < 1.29 is 17.9 Å². The molecule has 0 spiro atoms. The lowest BCUT2D eigenvalue weighted by Crippen LogP contribution is -2.16. The standard InChI is InChI=1S/C23H23F3N4O/c1-13-29-17-10-6-5-9-15(17)22(30-13)19-18(31-12-14-7-3-2-4-8-14)11-16(27)20(21(19)28)23(24,25)26/h2-4,7-8,11H,5-6,9-10,12,27-28H2,1H3. The van der Waals surface area contributed by atoms with Crippen LogP contribution in [0.25, 0.3) is 11.3 Å². The van der Waals surface area contributed by atoms with Gasteiger partial charge in [0.15, 0.2) is 0 Å². The maximum Gasteiger partial charge on any atom is 0.420 e. The molecule has 8 heteroatoms. The van der Waals surface area contributed by atoms with Crippen LogP contribution >= 0.6 is 0 Å². The fraction of sp³-hybridized carbons (Fsp3) is 0.304. The Morgan fingerprint density at radius 3 is 2.45 bits per heavy atom. The van der Waals surface area contributed by atoms with E-state index in [1.165, 1.54) is 6.07 Å². The van der Waals surface area contributed by atoms with Crippen molar-refractivity contribution in [3.05, 3.63) is 64.6 Å². The molecule has 3 aromatic rings. The lowest BCUT2D eigenvalue weighted by molar-refractivity contribution is -0.136. The van der Waals surface area contributed by atoms with Crippen LogP contribution in [-0.4, -0.2) is 9.97 Å². The summed E-state index contributed by atoms with van der Waals surface area (Å²) in [6, 6.07) is 10.5. The average Bonchev–Trinajstić information content (AvgIpc) is 2.71. The molecule has 0 aliphatic heterocycles. The van der Waals surface area contributed by atoms with Gasteiger partial charge in [0.2, 0.25) is 0 Å². The van der Waals surface area contributed by atoms with E-state index in [0.29, 0.717) is 17.9 Å². The van der Waals surface area contributed by atoms with E-state index in [2.05, 4.69) is 9.97 Å². The Kier molecular flexibility index (Phi) is 5.47. The summed E-state index contributed by atoms with van der Waals surface area (Å²) in [4.78, 5) is 9.01. The van der Waals surface area contributed by atoms with E-state index in [-0.39, 0.29) is 17.9 Å². The number of halogens is 3. The first-order chi connectivity index (χ1) is 14.8. The van der Waals surface area contributed by atoms with Gasteiger partial charge in [-0.3, -0.25) is 0 Å². The van der Waals surface area contributed by atoms with E-state index in [1.807, 2.05) is 30.3 Å². The summed E-state index contributed by atoms with van der Waals surface area (Å²) in [5, 5.41) is 0. The lowest BCUT2D eigenvalue weighted by atomic mass is 9.90. The quantitative estimate of drug-likeness (QED) is 0.565. The van der Waals surface area contributed by atoms with Gasteiger partial charge in [-0.25, -0.2) is 9.97 Å². The monoisotopic (exact) mass is 428 g/mol. The lowest BCUT2D eigenvalue weighted by Gasteiger charge is -2.23. The molecule has 4 N–H and O–H groups in total. The first kappa shape index (κ1) is 21.0. The molecule has 2 aromatic carbocycles. The molecule has 1 heterocycles. The maximum atomic E-state index is 13.8. The zero-order valence-electron chi connectivity index (χ0n) is 17.1. The maximum absolute atomic E-state index is 13.8. The second-order valence-corrected chi connectivity index (χ2v) is 7.65. The molecule has 0 saturated heterocycles.